The van der Waals surface area contributed by atoms with Crippen LogP contribution in [-0.2, 0) is 10.7 Å². The van der Waals surface area contributed by atoms with E-state index in [0.29, 0.717) is 5.69 Å². The van der Waals surface area contributed by atoms with Gasteiger partial charge in [0.2, 0.25) is 0 Å². The standard InChI is InChI=1S/C27H34F4N4O3/c1-16(34-14-21(28)22(29)15-34)11-17(12-25(36)37)32-26(38)23-13-24(35(33-23)18-7-3-4-8-18)19-9-5-6-10-20(19)27(2,30)31/h5-6,9-10,13,16-18,21-22H,3-4,7-8,11-12,14-15H2,1-2H3,(H,32,38)(H,36,37)/t16?,17-,21+,22+/m0/s1. The van der Waals surface area contributed by atoms with Crippen LogP contribution in [0.5, 0.6) is 0 Å². The van der Waals surface area contributed by atoms with Crippen molar-refractivity contribution in [2.75, 3.05) is 13.1 Å². The van der Waals surface area contributed by atoms with Gasteiger partial charge in [-0.15, -0.1) is 0 Å². The fourth-order valence-corrected chi connectivity index (χ4v) is 5.56. The SMILES string of the molecule is CC(C[C@@H](CC(=O)O)NC(=O)c1cc(-c2ccccc2C(C)(F)F)n(C2CCCC2)n1)N1C[C@@H](F)[C@H](F)C1. The molecule has 0 radical (unpaired) electrons. The van der Waals surface area contributed by atoms with Crippen LogP contribution in [0.4, 0.5) is 17.6 Å². The maximum Gasteiger partial charge on any atom is 0.305 e. The molecule has 1 aliphatic carbocycles. The molecule has 2 aliphatic rings. The number of nitrogens with one attached hydrogen (secondary N) is 1. The average molecular weight is 539 g/mol. The molecule has 0 bridgehead atoms. The van der Waals surface area contributed by atoms with Gasteiger partial charge in [0.1, 0.15) is 12.3 Å². The van der Waals surface area contributed by atoms with Crippen LogP contribution in [0.1, 0.15) is 74.5 Å². The highest BCUT2D eigenvalue weighted by atomic mass is 19.3. The van der Waals surface area contributed by atoms with Crippen molar-refractivity contribution in [1.29, 1.82) is 0 Å². The summed E-state index contributed by atoms with van der Waals surface area (Å²) in [5.74, 6) is -4.87. The van der Waals surface area contributed by atoms with Crippen LogP contribution in [0.3, 0.4) is 0 Å². The number of rotatable bonds is 10. The van der Waals surface area contributed by atoms with Crippen LogP contribution in [0.25, 0.3) is 11.3 Å². The van der Waals surface area contributed by atoms with Crippen molar-refractivity contribution in [3.05, 3.63) is 41.6 Å². The third kappa shape index (κ3) is 6.36. The van der Waals surface area contributed by atoms with E-state index in [2.05, 4.69) is 10.4 Å². The Kier molecular flexibility index (Phi) is 8.44. The molecule has 2 N–H and O–H groups in total. The van der Waals surface area contributed by atoms with E-state index in [-0.39, 0.29) is 54.8 Å². The predicted octanol–water partition coefficient (Wildman–Crippen LogP) is 5.12. The number of carboxylic acid groups (broad SMARTS) is 1. The number of carbonyl (C=O) groups excluding carboxylic acids is 1. The number of likely N-dealkylation sites (tertiary alicyclic amines) is 1. The van der Waals surface area contributed by atoms with E-state index in [1.165, 1.54) is 18.2 Å². The molecule has 1 aromatic carbocycles. The van der Waals surface area contributed by atoms with E-state index in [0.717, 1.165) is 32.6 Å². The zero-order valence-corrected chi connectivity index (χ0v) is 21.5. The first-order chi connectivity index (χ1) is 17.9. The first kappa shape index (κ1) is 28.1. The second-order valence-corrected chi connectivity index (χ2v) is 10.6. The van der Waals surface area contributed by atoms with Crippen molar-refractivity contribution in [1.82, 2.24) is 20.0 Å². The molecule has 1 amide bonds. The number of hydrogen-bond donors (Lipinski definition) is 2. The Hall–Kier alpha value is -2.95. The molecule has 1 saturated heterocycles. The number of nitrogens with zero attached hydrogens (tertiary/aromatic N) is 3. The highest BCUT2D eigenvalue weighted by molar-refractivity contribution is 5.94. The Bertz CT molecular complexity index is 1140. The lowest BCUT2D eigenvalue weighted by Gasteiger charge is -2.27. The lowest BCUT2D eigenvalue weighted by atomic mass is 9.99. The minimum Gasteiger partial charge on any atom is -0.481 e. The summed E-state index contributed by atoms with van der Waals surface area (Å²) in [6.45, 7) is 2.38. The minimum absolute atomic E-state index is 0.00187. The number of carboxylic acids is 1. The summed E-state index contributed by atoms with van der Waals surface area (Å²) in [7, 11) is 0. The number of amides is 1. The number of halogens is 4. The Balaban J connectivity index is 1.60. The summed E-state index contributed by atoms with van der Waals surface area (Å²) in [6, 6.07) is 6.37. The van der Waals surface area contributed by atoms with Crippen LogP contribution in [0.15, 0.2) is 30.3 Å². The van der Waals surface area contributed by atoms with Gasteiger partial charge in [0, 0.05) is 43.2 Å². The molecule has 38 heavy (non-hydrogen) atoms. The molecule has 2 fully saturated rings. The minimum atomic E-state index is -3.11. The van der Waals surface area contributed by atoms with E-state index < -0.39 is 36.2 Å². The number of carbonyl (C=O) groups is 2. The Morgan fingerprint density at radius 3 is 2.39 bits per heavy atom. The van der Waals surface area contributed by atoms with Crippen molar-refractivity contribution >= 4 is 11.9 Å². The van der Waals surface area contributed by atoms with E-state index in [1.807, 2.05) is 0 Å². The van der Waals surface area contributed by atoms with Gasteiger partial charge in [-0.1, -0.05) is 37.1 Å². The summed E-state index contributed by atoms with van der Waals surface area (Å²) in [4.78, 5) is 26.4. The van der Waals surface area contributed by atoms with Crippen LogP contribution in [0.2, 0.25) is 0 Å². The lowest BCUT2D eigenvalue weighted by Crippen LogP contribution is -2.42. The third-order valence-electron chi connectivity index (χ3n) is 7.53. The van der Waals surface area contributed by atoms with Crippen molar-refractivity contribution in [2.24, 2.45) is 0 Å². The molecule has 1 unspecified atom stereocenters. The van der Waals surface area contributed by atoms with Crippen molar-refractivity contribution < 1.29 is 32.3 Å². The maximum atomic E-state index is 14.5. The molecular weight excluding hydrogens is 504 g/mol. The van der Waals surface area contributed by atoms with E-state index in [9.17, 15) is 32.3 Å². The molecule has 1 saturated carbocycles. The highest BCUT2D eigenvalue weighted by Gasteiger charge is 2.36. The van der Waals surface area contributed by atoms with Gasteiger partial charge in [0.05, 0.1) is 18.2 Å². The molecular formula is C27H34F4N4O3. The van der Waals surface area contributed by atoms with E-state index in [1.54, 1.807) is 28.6 Å². The molecule has 7 nitrogen and oxygen atoms in total. The fraction of sp³-hybridized carbons (Fsp3) is 0.593. The van der Waals surface area contributed by atoms with E-state index >= 15 is 0 Å². The summed E-state index contributed by atoms with van der Waals surface area (Å²) < 4.78 is 57.9. The summed E-state index contributed by atoms with van der Waals surface area (Å²) in [5.41, 5.74) is 0.511. The number of aliphatic carboxylic acids is 1. The molecule has 1 aliphatic heterocycles. The Labute approximate surface area is 219 Å². The number of alkyl halides is 4. The van der Waals surface area contributed by atoms with Crippen LogP contribution >= 0.6 is 0 Å². The molecule has 208 valence electrons. The normalized spacial score (nSPS) is 22.5. The number of benzene rings is 1. The zero-order chi connectivity index (χ0) is 27.6. The largest absolute Gasteiger partial charge is 0.481 e. The molecule has 1 aromatic heterocycles. The fourth-order valence-electron chi connectivity index (χ4n) is 5.56. The van der Waals surface area contributed by atoms with Gasteiger partial charge in [0.15, 0.2) is 5.69 Å². The second kappa shape index (κ2) is 11.4. The number of aromatic nitrogens is 2. The summed E-state index contributed by atoms with van der Waals surface area (Å²) in [5, 5.41) is 16.6. The second-order valence-electron chi connectivity index (χ2n) is 10.6. The van der Waals surface area contributed by atoms with Gasteiger partial charge in [-0.25, -0.2) is 17.6 Å². The first-order valence-corrected chi connectivity index (χ1v) is 13.1. The van der Waals surface area contributed by atoms with Crippen molar-refractivity contribution in [3.63, 3.8) is 0 Å². The lowest BCUT2D eigenvalue weighted by molar-refractivity contribution is -0.137. The molecule has 0 spiro atoms. The monoisotopic (exact) mass is 538 g/mol. The highest BCUT2D eigenvalue weighted by Crippen LogP contribution is 2.39. The third-order valence-corrected chi connectivity index (χ3v) is 7.53. The van der Waals surface area contributed by atoms with Crippen LogP contribution in [-0.4, -0.2) is 69.2 Å². The predicted molar refractivity (Wildman–Crippen MR) is 134 cm³/mol. The molecule has 4 atom stereocenters. The van der Waals surface area contributed by atoms with Gasteiger partial charge < -0.3 is 10.4 Å². The summed E-state index contributed by atoms with van der Waals surface area (Å²) in [6.07, 6.45) is 0.127. The van der Waals surface area contributed by atoms with Gasteiger partial charge in [-0.05, 0) is 32.3 Å². The molecule has 2 heterocycles. The Morgan fingerprint density at radius 1 is 1.16 bits per heavy atom. The van der Waals surface area contributed by atoms with Crippen molar-refractivity contribution in [2.45, 2.75) is 88.8 Å². The quantitative estimate of drug-likeness (QED) is 0.410. The first-order valence-electron chi connectivity index (χ1n) is 13.1. The van der Waals surface area contributed by atoms with Gasteiger partial charge in [-0.2, -0.15) is 5.10 Å². The van der Waals surface area contributed by atoms with Crippen LogP contribution in [0, 0.1) is 0 Å². The van der Waals surface area contributed by atoms with Gasteiger partial charge in [0.25, 0.3) is 11.8 Å². The topological polar surface area (TPSA) is 87.5 Å². The summed E-state index contributed by atoms with van der Waals surface area (Å²) >= 11 is 0. The molecule has 11 heteroatoms. The average Bonchev–Trinajstić information content (AvgIpc) is 3.58. The number of hydrogen-bond acceptors (Lipinski definition) is 4. The molecule has 2 aromatic rings. The van der Waals surface area contributed by atoms with Crippen molar-refractivity contribution in [3.8, 4) is 11.3 Å². The maximum absolute atomic E-state index is 14.5. The smallest absolute Gasteiger partial charge is 0.305 e. The Morgan fingerprint density at radius 2 is 1.79 bits per heavy atom. The molecule has 4 rings (SSSR count). The zero-order valence-electron chi connectivity index (χ0n) is 21.5. The van der Waals surface area contributed by atoms with Crippen LogP contribution < -0.4 is 5.32 Å². The van der Waals surface area contributed by atoms with E-state index in [4.69, 9.17) is 0 Å². The van der Waals surface area contributed by atoms with Gasteiger partial charge >= 0.3 is 5.97 Å². The van der Waals surface area contributed by atoms with Gasteiger partial charge in [-0.3, -0.25) is 19.2 Å².